The van der Waals surface area contributed by atoms with Crippen LogP contribution in [0, 0.1) is 0 Å². The summed E-state index contributed by atoms with van der Waals surface area (Å²) < 4.78 is 4.89. The molecule has 0 N–H and O–H groups in total. The predicted molar refractivity (Wildman–Crippen MR) is 214 cm³/mol. The highest BCUT2D eigenvalue weighted by Crippen LogP contribution is 2.43. The molecule has 2 heteroatoms. The fourth-order valence-electron chi connectivity index (χ4n) is 7.92. The van der Waals surface area contributed by atoms with Crippen LogP contribution >= 0.6 is 0 Å². The number of para-hydroxylation sites is 3. The molecule has 0 unspecified atom stereocenters. The topological polar surface area (TPSA) is 9.86 Å². The molecule has 0 fully saturated rings. The molecule has 2 aromatic heterocycles. The Morgan fingerprint density at radius 2 is 0.940 bits per heavy atom. The number of aromatic nitrogens is 2. The Morgan fingerprint density at radius 1 is 0.360 bits per heavy atom. The first kappa shape index (κ1) is 30.2. The Bertz CT molecular complexity index is 2700. The highest BCUT2D eigenvalue weighted by molar-refractivity contribution is 6.15. The van der Waals surface area contributed by atoms with E-state index in [4.69, 9.17) is 0 Å². The third-order valence-corrected chi connectivity index (χ3v) is 10.5. The van der Waals surface area contributed by atoms with Crippen LogP contribution in [-0.2, 0) is 0 Å². The van der Waals surface area contributed by atoms with Gasteiger partial charge in [0.25, 0.3) is 0 Å². The number of rotatable bonds is 6. The van der Waals surface area contributed by atoms with E-state index in [0.717, 1.165) is 0 Å². The van der Waals surface area contributed by atoms with Gasteiger partial charge in [0, 0.05) is 38.5 Å². The van der Waals surface area contributed by atoms with E-state index in [0.29, 0.717) is 11.8 Å². The van der Waals surface area contributed by atoms with Crippen LogP contribution in [0.5, 0.6) is 0 Å². The summed E-state index contributed by atoms with van der Waals surface area (Å²) in [6.45, 7) is 9.09. The SMILES string of the molecule is CC(C)c1cccc(-n2c3ccccc3c3cccc(-c4ccccc4-c4ccc5c(c4)c4cc(C(C)C)ccc4n5-c4ccccc4)c32)c1. The minimum Gasteiger partial charge on any atom is -0.309 e. The lowest BCUT2D eigenvalue weighted by molar-refractivity contribution is 0.864. The predicted octanol–water partition coefficient (Wildman–Crippen LogP) is 13.5. The molecule has 0 aliphatic heterocycles. The fourth-order valence-corrected chi connectivity index (χ4v) is 7.92. The average molecular weight is 645 g/mol. The van der Waals surface area contributed by atoms with Gasteiger partial charge in [-0.2, -0.15) is 0 Å². The summed E-state index contributed by atoms with van der Waals surface area (Å²) in [6.07, 6.45) is 0. The number of fused-ring (bicyclic) bond motifs is 6. The van der Waals surface area contributed by atoms with Gasteiger partial charge in [0.15, 0.2) is 0 Å². The van der Waals surface area contributed by atoms with E-state index in [1.54, 1.807) is 0 Å². The molecule has 0 radical (unpaired) electrons. The molecular formula is C48H40N2. The first-order chi connectivity index (χ1) is 24.5. The van der Waals surface area contributed by atoms with Crippen molar-refractivity contribution in [2.45, 2.75) is 39.5 Å². The molecule has 2 nitrogen and oxygen atoms in total. The van der Waals surface area contributed by atoms with Crippen molar-refractivity contribution in [3.8, 4) is 33.6 Å². The Hall–Kier alpha value is -5.86. The maximum absolute atomic E-state index is 2.48. The molecule has 0 bridgehead atoms. The summed E-state index contributed by atoms with van der Waals surface area (Å²) in [5.74, 6) is 0.898. The summed E-state index contributed by atoms with van der Waals surface area (Å²) in [5.41, 5.74) is 14.9. The van der Waals surface area contributed by atoms with E-state index in [1.807, 2.05) is 0 Å². The Kier molecular flexibility index (Phi) is 7.21. The van der Waals surface area contributed by atoms with Crippen LogP contribution in [0.1, 0.15) is 50.7 Å². The van der Waals surface area contributed by atoms with Crippen molar-refractivity contribution in [2.75, 3.05) is 0 Å². The standard InChI is InChI=1S/C48H40N2/c1-31(2)33-14-12-17-37(28-33)50-45-23-11-10-20-40(45)42-22-13-21-41(48(42)50)39-19-9-8-18-38(39)35-25-27-47-44(30-35)43-29-34(32(3)4)24-26-46(43)49(47)36-15-6-5-7-16-36/h5-32H,1-4H3. The van der Waals surface area contributed by atoms with Crippen molar-refractivity contribution in [3.63, 3.8) is 0 Å². The zero-order chi connectivity index (χ0) is 33.9. The molecule has 242 valence electrons. The number of hydrogen-bond acceptors (Lipinski definition) is 0. The summed E-state index contributed by atoms with van der Waals surface area (Å²) in [5, 5.41) is 5.11. The maximum Gasteiger partial charge on any atom is 0.0619 e. The Morgan fingerprint density at radius 3 is 1.74 bits per heavy atom. The highest BCUT2D eigenvalue weighted by atomic mass is 15.0. The van der Waals surface area contributed by atoms with Crippen LogP contribution < -0.4 is 0 Å². The van der Waals surface area contributed by atoms with Crippen LogP contribution in [0.15, 0.2) is 158 Å². The van der Waals surface area contributed by atoms with Gasteiger partial charge in [0.1, 0.15) is 0 Å². The van der Waals surface area contributed by atoms with Gasteiger partial charge in [-0.05, 0) is 94.3 Å². The smallest absolute Gasteiger partial charge is 0.0619 e. The molecule has 0 saturated heterocycles. The lowest BCUT2D eigenvalue weighted by atomic mass is 9.92. The van der Waals surface area contributed by atoms with Gasteiger partial charge in [-0.3, -0.25) is 0 Å². The van der Waals surface area contributed by atoms with Crippen LogP contribution in [-0.4, -0.2) is 9.13 Å². The van der Waals surface area contributed by atoms with Crippen molar-refractivity contribution >= 4 is 43.6 Å². The van der Waals surface area contributed by atoms with Gasteiger partial charge >= 0.3 is 0 Å². The van der Waals surface area contributed by atoms with E-state index in [9.17, 15) is 0 Å². The van der Waals surface area contributed by atoms with Crippen molar-refractivity contribution in [2.24, 2.45) is 0 Å². The first-order valence-electron chi connectivity index (χ1n) is 17.8. The van der Waals surface area contributed by atoms with E-state index in [-0.39, 0.29) is 0 Å². The van der Waals surface area contributed by atoms with Gasteiger partial charge in [0.2, 0.25) is 0 Å². The van der Waals surface area contributed by atoms with E-state index >= 15 is 0 Å². The summed E-state index contributed by atoms with van der Waals surface area (Å²) in [6, 6.07) is 58.4. The minimum atomic E-state index is 0.447. The highest BCUT2D eigenvalue weighted by Gasteiger charge is 2.20. The molecule has 0 spiro atoms. The fraction of sp³-hybridized carbons (Fsp3) is 0.125. The summed E-state index contributed by atoms with van der Waals surface area (Å²) in [4.78, 5) is 0. The van der Waals surface area contributed by atoms with Crippen molar-refractivity contribution in [1.82, 2.24) is 9.13 Å². The van der Waals surface area contributed by atoms with Gasteiger partial charge in [-0.1, -0.05) is 131 Å². The number of nitrogens with zero attached hydrogens (tertiary/aromatic N) is 2. The second kappa shape index (κ2) is 11.9. The van der Waals surface area contributed by atoms with Gasteiger partial charge in [0.05, 0.1) is 22.1 Å². The molecule has 0 saturated carbocycles. The monoisotopic (exact) mass is 644 g/mol. The van der Waals surface area contributed by atoms with E-state index < -0.39 is 0 Å². The van der Waals surface area contributed by atoms with Crippen LogP contribution in [0.25, 0.3) is 77.2 Å². The normalized spacial score (nSPS) is 12.0. The van der Waals surface area contributed by atoms with Crippen molar-refractivity contribution < 1.29 is 0 Å². The third-order valence-electron chi connectivity index (χ3n) is 10.5. The molecule has 50 heavy (non-hydrogen) atoms. The molecule has 0 aliphatic rings. The van der Waals surface area contributed by atoms with Crippen LogP contribution in [0.2, 0.25) is 0 Å². The molecule has 0 atom stereocenters. The number of hydrogen-bond donors (Lipinski definition) is 0. The van der Waals surface area contributed by atoms with Gasteiger partial charge in [-0.15, -0.1) is 0 Å². The quantitative estimate of drug-likeness (QED) is 0.170. The van der Waals surface area contributed by atoms with Crippen LogP contribution in [0.4, 0.5) is 0 Å². The molecular weight excluding hydrogens is 605 g/mol. The molecule has 2 heterocycles. The lowest BCUT2D eigenvalue weighted by Gasteiger charge is -2.16. The Balaban J connectivity index is 1.31. The van der Waals surface area contributed by atoms with Crippen molar-refractivity contribution in [3.05, 3.63) is 169 Å². The number of benzene rings is 7. The second-order valence-electron chi connectivity index (χ2n) is 14.2. The molecule has 9 rings (SSSR count). The maximum atomic E-state index is 2.48. The first-order valence-corrected chi connectivity index (χ1v) is 17.8. The Labute approximate surface area is 293 Å². The lowest BCUT2D eigenvalue weighted by Crippen LogP contribution is -1.98. The second-order valence-corrected chi connectivity index (χ2v) is 14.2. The van der Waals surface area contributed by atoms with E-state index in [1.165, 1.54) is 88.4 Å². The third kappa shape index (κ3) is 4.78. The summed E-state index contributed by atoms with van der Waals surface area (Å²) in [7, 11) is 0. The molecule has 7 aromatic carbocycles. The molecule has 0 aliphatic carbocycles. The van der Waals surface area contributed by atoms with Gasteiger partial charge < -0.3 is 9.13 Å². The van der Waals surface area contributed by atoms with E-state index in [2.05, 4.69) is 195 Å². The largest absolute Gasteiger partial charge is 0.309 e. The van der Waals surface area contributed by atoms with Gasteiger partial charge in [-0.25, -0.2) is 0 Å². The zero-order valence-corrected chi connectivity index (χ0v) is 29.1. The summed E-state index contributed by atoms with van der Waals surface area (Å²) >= 11 is 0. The van der Waals surface area contributed by atoms with Crippen LogP contribution in [0.3, 0.4) is 0 Å². The zero-order valence-electron chi connectivity index (χ0n) is 29.1. The average Bonchev–Trinajstić information content (AvgIpc) is 3.67. The minimum absolute atomic E-state index is 0.447. The van der Waals surface area contributed by atoms with Crippen molar-refractivity contribution in [1.29, 1.82) is 0 Å². The molecule has 9 aromatic rings. The molecule has 0 amide bonds.